The van der Waals surface area contributed by atoms with Crippen molar-refractivity contribution in [3.05, 3.63) is 72.2 Å². The number of pyridine rings is 1. The first-order valence-corrected chi connectivity index (χ1v) is 8.29. The van der Waals surface area contributed by atoms with Crippen LogP contribution in [0.3, 0.4) is 0 Å². The number of hydrogen-bond donors (Lipinski definition) is 1. The highest BCUT2D eigenvalue weighted by Crippen LogP contribution is 2.15. The molecular weight excluding hydrogens is 284 g/mol. The number of aromatic nitrogens is 2. The molecule has 1 aromatic carbocycles. The molecule has 118 valence electrons. The summed E-state index contributed by atoms with van der Waals surface area (Å²) in [6, 6.07) is 15.5. The molecule has 1 aliphatic rings. The number of nitrogens with zero attached hydrogens (tertiary/aromatic N) is 3. The lowest BCUT2D eigenvalue weighted by Gasteiger charge is -2.17. The first-order chi connectivity index (χ1) is 11.4. The summed E-state index contributed by atoms with van der Waals surface area (Å²) in [6.45, 7) is 4.21. The Morgan fingerprint density at radius 2 is 2.00 bits per heavy atom. The molecule has 0 aliphatic carbocycles. The molecule has 1 N–H and O–H groups in total. The van der Waals surface area contributed by atoms with Gasteiger partial charge in [-0.3, -0.25) is 4.90 Å². The van der Waals surface area contributed by atoms with Gasteiger partial charge in [0.1, 0.15) is 5.65 Å². The summed E-state index contributed by atoms with van der Waals surface area (Å²) in [4.78, 5) is 6.98. The number of hydrogen-bond acceptors (Lipinski definition) is 3. The van der Waals surface area contributed by atoms with E-state index in [0.717, 1.165) is 25.3 Å². The summed E-state index contributed by atoms with van der Waals surface area (Å²) in [6.07, 6.45) is 7.11. The van der Waals surface area contributed by atoms with E-state index >= 15 is 0 Å². The fraction of sp³-hybridized carbons (Fsp3) is 0.316. The molecule has 0 radical (unpaired) electrons. The predicted octanol–water partition coefficient (Wildman–Crippen LogP) is 2.70. The molecule has 1 saturated heterocycles. The minimum atomic E-state index is 0.564. The quantitative estimate of drug-likeness (QED) is 0.786. The lowest BCUT2D eigenvalue weighted by Crippen LogP contribution is -2.32. The Labute approximate surface area is 136 Å². The Morgan fingerprint density at radius 1 is 1.09 bits per heavy atom. The number of imidazole rings is 1. The van der Waals surface area contributed by atoms with E-state index in [1.165, 1.54) is 24.1 Å². The van der Waals surface area contributed by atoms with Gasteiger partial charge in [0, 0.05) is 56.4 Å². The molecule has 4 rings (SSSR count). The number of rotatable bonds is 5. The number of fused-ring (bicyclic) bond motifs is 1. The number of benzene rings is 1. The summed E-state index contributed by atoms with van der Waals surface area (Å²) in [7, 11) is 0. The standard InChI is InChI=1S/C19H22N4/c1-2-5-16(6-3-1)14-22-11-8-18(15-22)21-13-17-7-4-10-23-12-9-20-19(17)23/h1-7,9-10,12,18,21H,8,11,13-15H2. The van der Waals surface area contributed by atoms with E-state index in [1.807, 2.05) is 18.6 Å². The molecule has 4 nitrogen and oxygen atoms in total. The zero-order chi connectivity index (χ0) is 15.5. The van der Waals surface area contributed by atoms with Gasteiger partial charge in [-0.25, -0.2) is 4.98 Å². The van der Waals surface area contributed by atoms with Gasteiger partial charge in [-0.15, -0.1) is 0 Å². The largest absolute Gasteiger partial charge is 0.308 e. The minimum absolute atomic E-state index is 0.564. The summed E-state index contributed by atoms with van der Waals surface area (Å²) < 4.78 is 2.08. The van der Waals surface area contributed by atoms with Gasteiger partial charge in [0.05, 0.1) is 0 Å². The van der Waals surface area contributed by atoms with Gasteiger partial charge in [-0.05, 0) is 18.1 Å². The van der Waals surface area contributed by atoms with Crippen molar-refractivity contribution in [1.29, 1.82) is 0 Å². The van der Waals surface area contributed by atoms with Crippen molar-refractivity contribution in [3.8, 4) is 0 Å². The average Bonchev–Trinajstić information content (AvgIpc) is 3.23. The summed E-state index contributed by atoms with van der Waals surface area (Å²) in [5.74, 6) is 0. The van der Waals surface area contributed by atoms with E-state index < -0.39 is 0 Å². The highest BCUT2D eigenvalue weighted by Gasteiger charge is 2.22. The van der Waals surface area contributed by atoms with Crippen LogP contribution in [0.2, 0.25) is 0 Å². The van der Waals surface area contributed by atoms with Gasteiger partial charge < -0.3 is 9.72 Å². The van der Waals surface area contributed by atoms with E-state index in [4.69, 9.17) is 0 Å². The van der Waals surface area contributed by atoms with E-state index in [0.29, 0.717) is 6.04 Å². The molecule has 23 heavy (non-hydrogen) atoms. The molecule has 4 heteroatoms. The molecule has 3 heterocycles. The maximum atomic E-state index is 4.45. The summed E-state index contributed by atoms with van der Waals surface area (Å²) >= 11 is 0. The van der Waals surface area contributed by atoms with Gasteiger partial charge in [-0.1, -0.05) is 36.4 Å². The van der Waals surface area contributed by atoms with E-state index in [9.17, 15) is 0 Å². The molecular formula is C19H22N4. The van der Waals surface area contributed by atoms with Crippen LogP contribution in [0.4, 0.5) is 0 Å². The second-order valence-electron chi connectivity index (χ2n) is 6.28. The van der Waals surface area contributed by atoms with Gasteiger partial charge in [0.2, 0.25) is 0 Å². The third-order valence-electron chi connectivity index (χ3n) is 4.60. The van der Waals surface area contributed by atoms with E-state index in [-0.39, 0.29) is 0 Å². The zero-order valence-corrected chi connectivity index (χ0v) is 13.2. The van der Waals surface area contributed by atoms with Crippen LogP contribution in [0.15, 0.2) is 61.1 Å². The van der Waals surface area contributed by atoms with Crippen LogP contribution < -0.4 is 5.32 Å². The van der Waals surface area contributed by atoms with Crippen molar-refractivity contribution in [2.24, 2.45) is 0 Å². The molecule has 1 fully saturated rings. The van der Waals surface area contributed by atoms with Crippen molar-refractivity contribution in [1.82, 2.24) is 19.6 Å². The number of nitrogens with one attached hydrogen (secondary N) is 1. The Balaban J connectivity index is 1.33. The Hall–Kier alpha value is -2.17. The van der Waals surface area contributed by atoms with E-state index in [1.54, 1.807) is 0 Å². The zero-order valence-electron chi connectivity index (χ0n) is 13.2. The van der Waals surface area contributed by atoms with Crippen LogP contribution in [0.5, 0.6) is 0 Å². The van der Waals surface area contributed by atoms with Gasteiger partial charge in [0.15, 0.2) is 0 Å². The normalized spacial score (nSPS) is 18.7. The van der Waals surface area contributed by atoms with E-state index in [2.05, 4.69) is 62.1 Å². The topological polar surface area (TPSA) is 32.6 Å². The Morgan fingerprint density at radius 3 is 2.91 bits per heavy atom. The van der Waals surface area contributed by atoms with Crippen LogP contribution in [-0.4, -0.2) is 33.4 Å². The fourth-order valence-electron chi connectivity index (χ4n) is 3.39. The molecule has 3 aromatic rings. The van der Waals surface area contributed by atoms with Gasteiger partial charge in [0.25, 0.3) is 0 Å². The van der Waals surface area contributed by atoms with Crippen molar-refractivity contribution >= 4 is 5.65 Å². The molecule has 0 bridgehead atoms. The smallest absolute Gasteiger partial charge is 0.141 e. The molecule has 2 aromatic heterocycles. The maximum Gasteiger partial charge on any atom is 0.141 e. The first-order valence-electron chi connectivity index (χ1n) is 8.29. The van der Waals surface area contributed by atoms with Crippen molar-refractivity contribution in [2.75, 3.05) is 13.1 Å². The highest BCUT2D eigenvalue weighted by molar-refractivity contribution is 5.47. The molecule has 1 atom stereocenters. The molecule has 0 saturated carbocycles. The Kier molecular flexibility index (Phi) is 4.09. The lowest BCUT2D eigenvalue weighted by molar-refractivity contribution is 0.320. The lowest BCUT2D eigenvalue weighted by atomic mass is 10.2. The number of likely N-dealkylation sites (tertiary alicyclic amines) is 1. The summed E-state index contributed by atoms with van der Waals surface area (Å²) in [5, 5.41) is 3.70. The first kappa shape index (κ1) is 14.4. The summed E-state index contributed by atoms with van der Waals surface area (Å²) in [5.41, 5.74) is 3.72. The Bertz CT molecular complexity index is 765. The minimum Gasteiger partial charge on any atom is -0.308 e. The van der Waals surface area contributed by atoms with Crippen LogP contribution in [0.1, 0.15) is 17.5 Å². The molecule has 1 aliphatic heterocycles. The molecule has 1 unspecified atom stereocenters. The third-order valence-corrected chi connectivity index (χ3v) is 4.60. The van der Waals surface area contributed by atoms with Gasteiger partial charge >= 0.3 is 0 Å². The van der Waals surface area contributed by atoms with Crippen LogP contribution in [0, 0.1) is 0 Å². The fourth-order valence-corrected chi connectivity index (χ4v) is 3.39. The van der Waals surface area contributed by atoms with Crippen molar-refractivity contribution < 1.29 is 0 Å². The van der Waals surface area contributed by atoms with Crippen molar-refractivity contribution in [2.45, 2.75) is 25.6 Å². The highest BCUT2D eigenvalue weighted by atomic mass is 15.2. The van der Waals surface area contributed by atoms with Crippen LogP contribution in [-0.2, 0) is 13.1 Å². The average molecular weight is 306 g/mol. The predicted molar refractivity (Wildman–Crippen MR) is 92.2 cm³/mol. The monoisotopic (exact) mass is 306 g/mol. The van der Waals surface area contributed by atoms with Crippen LogP contribution >= 0.6 is 0 Å². The van der Waals surface area contributed by atoms with Crippen LogP contribution in [0.25, 0.3) is 5.65 Å². The van der Waals surface area contributed by atoms with Crippen molar-refractivity contribution in [3.63, 3.8) is 0 Å². The molecule has 0 amide bonds. The maximum absolute atomic E-state index is 4.45. The SMILES string of the molecule is c1ccc(CN2CCC(NCc3cccn4ccnc34)C2)cc1. The second-order valence-corrected chi connectivity index (χ2v) is 6.28. The third kappa shape index (κ3) is 3.28. The molecule has 0 spiro atoms. The van der Waals surface area contributed by atoms with Gasteiger partial charge in [-0.2, -0.15) is 0 Å². The second kappa shape index (κ2) is 6.52.